The Morgan fingerprint density at radius 2 is 1.61 bits per heavy atom. The van der Waals surface area contributed by atoms with E-state index in [9.17, 15) is 5.26 Å². The van der Waals surface area contributed by atoms with Crippen LogP contribution < -0.4 is 0 Å². The summed E-state index contributed by atoms with van der Waals surface area (Å²) in [6.45, 7) is 4.94. The monoisotopic (exact) mass is 410 g/mol. The number of nitrogens with zero attached hydrogens (tertiary/aromatic N) is 4. The van der Waals surface area contributed by atoms with Crippen molar-refractivity contribution in [2.45, 2.75) is 38.5 Å². The standard InChI is InChI=1S/C27H30N4/c28-20-24-10-11-25(26-5-4-14-29-27(24)26)23-8-6-21(7-9-23)19-22-12-17-31(18-13-22)30-15-2-1-3-16-30/h4-11,14,22H,1-3,12-13,15-19H2. The van der Waals surface area contributed by atoms with Gasteiger partial charge in [0.15, 0.2) is 0 Å². The molecule has 2 aliphatic rings. The third-order valence-electron chi connectivity index (χ3n) is 7.00. The van der Waals surface area contributed by atoms with E-state index in [2.05, 4.69) is 51.4 Å². The van der Waals surface area contributed by atoms with Gasteiger partial charge in [-0.05, 0) is 66.8 Å². The molecule has 2 aromatic carbocycles. The zero-order valence-corrected chi connectivity index (χ0v) is 18.1. The molecule has 0 atom stereocenters. The molecule has 0 spiro atoms. The zero-order valence-electron chi connectivity index (χ0n) is 18.1. The van der Waals surface area contributed by atoms with Crippen molar-refractivity contribution in [1.82, 2.24) is 15.0 Å². The molecule has 2 aliphatic heterocycles. The maximum atomic E-state index is 9.38. The highest BCUT2D eigenvalue weighted by Gasteiger charge is 2.24. The molecule has 31 heavy (non-hydrogen) atoms. The Morgan fingerprint density at radius 3 is 2.35 bits per heavy atom. The lowest BCUT2D eigenvalue weighted by atomic mass is 9.89. The molecule has 5 rings (SSSR count). The molecule has 0 bridgehead atoms. The minimum absolute atomic E-state index is 0.631. The summed E-state index contributed by atoms with van der Waals surface area (Å²) >= 11 is 0. The van der Waals surface area contributed by atoms with E-state index < -0.39 is 0 Å². The van der Waals surface area contributed by atoms with Crippen molar-refractivity contribution in [3.8, 4) is 17.2 Å². The summed E-state index contributed by atoms with van der Waals surface area (Å²) in [6, 6.07) is 19.2. The van der Waals surface area contributed by atoms with Crippen LogP contribution in [0.2, 0.25) is 0 Å². The second kappa shape index (κ2) is 9.18. The molecule has 1 aromatic heterocycles. The van der Waals surface area contributed by atoms with Gasteiger partial charge >= 0.3 is 0 Å². The molecule has 0 radical (unpaired) electrons. The van der Waals surface area contributed by atoms with E-state index in [4.69, 9.17) is 0 Å². The highest BCUT2D eigenvalue weighted by atomic mass is 15.6. The molecule has 0 N–H and O–H groups in total. The molecule has 2 saturated heterocycles. The van der Waals surface area contributed by atoms with Gasteiger partial charge in [0.05, 0.1) is 11.1 Å². The molecule has 3 heterocycles. The Bertz CT molecular complexity index is 1070. The zero-order chi connectivity index (χ0) is 21.0. The fourth-order valence-electron chi connectivity index (χ4n) is 5.23. The van der Waals surface area contributed by atoms with Crippen molar-refractivity contribution in [2.75, 3.05) is 26.2 Å². The molecule has 4 heteroatoms. The van der Waals surface area contributed by atoms with Crippen molar-refractivity contribution < 1.29 is 0 Å². The Hall–Kier alpha value is -2.74. The first-order chi connectivity index (χ1) is 15.3. The number of aromatic nitrogens is 1. The lowest BCUT2D eigenvalue weighted by molar-refractivity contribution is -0.0609. The van der Waals surface area contributed by atoms with Crippen LogP contribution in [0.3, 0.4) is 0 Å². The Morgan fingerprint density at radius 1 is 0.871 bits per heavy atom. The van der Waals surface area contributed by atoms with Crippen LogP contribution in [0.25, 0.3) is 22.0 Å². The van der Waals surface area contributed by atoms with Gasteiger partial charge in [0.1, 0.15) is 6.07 Å². The fraction of sp³-hybridized carbons (Fsp3) is 0.407. The maximum Gasteiger partial charge on any atom is 0.101 e. The van der Waals surface area contributed by atoms with Crippen LogP contribution in [0.15, 0.2) is 54.7 Å². The van der Waals surface area contributed by atoms with Crippen LogP contribution in [0.4, 0.5) is 0 Å². The molecular formula is C27H30N4. The fourth-order valence-corrected chi connectivity index (χ4v) is 5.23. The highest BCUT2D eigenvalue weighted by molar-refractivity contribution is 5.97. The molecule has 4 nitrogen and oxygen atoms in total. The molecule has 0 saturated carbocycles. The van der Waals surface area contributed by atoms with E-state index >= 15 is 0 Å². The lowest BCUT2D eigenvalue weighted by Crippen LogP contribution is -2.49. The first-order valence-corrected chi connectivity index (χ1v) is 11.7. The number of hydrogen-bond donors (Lipinski definition) is 0. The normalized spacial score (nSPS) is 18.8. The van der Waals surface area contributed by atoms with Crippen molar-refractivity contribution >= 4 is 10.9 Å². The summed E-state index contributed by atoms with van der Waals surface area (Å²) in [4.78, 5) is 4.44. The van der Waals surface area contributed by atoms with E-state index in [1.54, 1.807) is 6.20 Å². The Labute approximate surface area is 185 Å². The van der Waals surface area contributed by atoms with Gasteiger partial charge in [-0.15, -0.1) is 0 Å². The minimum atomic E-state index is 0.631. The smallest absolute Gasteiger partial charge is 0.101 e. The van der Waals surface area contributed by atoms with Crippen LogP contribution in [0.5, 0.6) is 0 Å². The maximum absolute atomic E-state index is 9.38. The van der Waals surface area contributed by atoms with Crippen LogP contribution >= 0.6 is 0 Å². The van der Waals surface area contributed by atoms with E-state index in [1.165, 1.54) is 75.8 Å². The Balaban J connectivity index is 1.25. The summed E-state index contributed by atoms with van der Waals surface area (Å²) in [5, 5.41) is 15.6. The lowest BCUT2D eigenvalue weighted by Gasteiger charge is -2.41. The molecule has 0 unspecified atom stereocenters. The van der Waals surface area contributed by atoms with E-state index in [-0.39, 0.29) is 0 Å². The predicted molar refractivity (Wildman–Crippen MR) is 125 cm³/mol. The van der Waals surface area contributed by atoms with E-state index in [0.717, 1.165) is 22.4 Å². The highest BCUT2D eigenvalue weighted by Crippen LogP contribution is 2.31. The number of benzene rings is 2. The van der Waals surface area contributed by atoms with Crippen LogP contribution in [-0.4, -0.2) is 41.2 Å². The van der Waals surface area contributed by atoms with Gasteiger partial charge < -0.3 is 0 Å². The number of hydrogen-bond acceptors (Lipinski definition) is 4. The number of fused-ring (bicyclic) bond motifs is 1. The van der Waals surface area contributed by atoms with E-state index in [0.29, 0.717) is 5.56 Å². The van der Waals surface area contributed by atoms with E-state index in [1.807, 2.05) is 18.2 Å². The number of hydrazine groups is 1. The number of pyridine rings is 1. The number of nitriles is 1. The molecule has 2 fully saturated rings. The average Bonchev–Trinajstić information content (AvgIpc) is 2.85. The van der Waals surface area contributed by atoms with Crippen molar-refractivity contribution in [3.63, 3.8) is 0 Å². The number of piperidine rings is 2. The summed E-state index contributed by atoms with van der Waals surface area (Å²) in [5.41, 5.74) is 5.17. The Kier molecular flexibility index (Phi) is 5.97. The van der Waals surface area contributed by atoms with Crippen LogP contribution in [0, 0.1) is 17.2 Å². The third-order valence-corrected chi connectivity index (χ3v) is 7.00. The largest absolute Gasteiger partial charge is 0.255 e. The van der Waals surface area contributed by atoms with Crippen molar-refractivity contribution in [3.05, 3.63) is 65.9 Å². The van der Waals surface area contributed by atoms with Gasteiger partial charge in [0, 0.05) is 37.8 Å². The average molecular weight is 411 g/mol. The summed E-state index contributed by atoms with van der Waals surface area (Å²) in [6.07, 6.45) is 9.64. The van der Waals surface area contributed by atoms with Crippen LogP contribution in [0.1, 0.15) is 43.2 Å². The van der Waals surface area contributed by atoms with Gasteiger partial charge in [-0.3, -0.25) is 4.98 Å². The second-order valence-corrected chi connectivity index (χ2v) is 8.98. The molecule has 158 valence electrons. The molecule has 3 aromatic rings. The summed E-state index contributed by atoms with van der Waals surface area (Å²) in [7, 11) is 0. The SMILES string of the molecule is N#Cc1ccc(-c2ccc(CC3CCN(N4CCCCC4)CC3)cc2)c2cccnc12. The van der Waals surface area contributed by atoms with Gasteiger partial charge in [0.25, 0.3) is 0 Å². The minimum Gasteiger partial charge on any atom is -0.255 e. The second-order valence-electron chi connectivity index (χ2n) is 8.98. The van der Waals surface area contributed by atoms with Crippen LogP contribution in [-0.2, 0) is 6.42 Å². The number of rotatable bonds is 4. The first-order valence-electron chi connectivity index (χ1n) is 11.7. The summed E-state index contributed by atoms with van der Waals surface area (Å²) in [5.74, 6) is 0.784. The van der Waals surface area contributed by atoms with Gasteiger partial charge in [-0.1, -0.05) is 42.8 Å². The predicted octanol–water partition coefficient (Wildman–Crippen LogP) is 5.43. The molecule has 0 aliphatic carbocycles. The first kappa shape index (κ1) is 20.2. The summed E-state index contributed by atoms with van der Waals surface area (Å²) < 4.78 is 0. The van der Waals surface area contributed by atoms with Gasteiger partial charge in [0.2, 0.25) is 0 Å². The van der Waals surface area contributed by atoms with Gasteiger partial charge in [-0.2, -0.15) is 5.26 Å². The van der Waals surface area contributed by atoms with Crippen molar-refractivity contribution in [2.24, 2.45) is 5.92 Å². The molecular weight excluding hydrogens is 380 g/mol. The quantitative estimate of drug-likeness (QED) is 0.575. The van der Waals surface area contributed by atoms with Crippen molar-refractivity contribution in [1.29, 1.82) is 5.26 Å². The molecule has 0 amide bonds. The van der Waals surface area contributed by atoms with Gasteiger partial charge in [-0.25, -0.2) is 10.0 Å². The third kappa shape index (κ3) is 4.35. The topological polar surface area (TPSA) is 43.2 Å².